The summed E-state index contributed by atoms with van der Waals surface area (Å²) in [5.74, 6) is 0. The maximum absolute atomic E-state index is 7.90. The van der Waals surface area contributed by atoms with Gasteiger partial charge in [0.05, 0.1) is 1.37 Å². The van der Waals surface area contributed by atoms with Crippen LogP contribution in [-0.2, 0) is 0 Å². The second-order valence-corrected chi connectivity index (χ2v) is 4.00. The van der Waals surface area contributed by atoms with Gasteiger partial charge in [0.25, 0.3) is 0 Å². The second-order valence-electron chi connectivity index (χ2n) is 3.00. The Labute approximate surface area is 96.2 Å². The summed E-state index contributed by atoms with van der Waals surface area (Å²) in [7, 11) is 0. The van der Waals surface area contributed by atoms with E-state index in [9.17, 15) is 0 Å². The summed E-state index contributed by atoms with van der Waals surface area (Å²) < 4.78 is 7.90. The van der Waals surface area contributed by atoms with Gasteiger partial charge >= 0.3 is 0 Å². The second kappa shape index (κ2) is 4.11. The third kappa shape index (κ3) is 2.14. The van der Waals surface area contributed by atoms with E-state index in [1.807, 2.05) is 42.5 Å². The van der Waals surface area contributed by atoms with Gasteiger partial charge in [-0.2, -0.15) is 0 Å². The average molecular weight is 219 g/mol. The summed E-state index contributed by atoms with van der Waals surface area (Å²) in [6, 6.07) is 13.9. The van der Waals surface area contributed by atoms with Crippen LogP contribution in [0.2, 0.25) is 0 Å². The summed E-state index contributed by atoms with van der Waals surface area (Å²) in [5, 5.41) is 0. The van der Waals surface area contributed by atoms with Crippen molar-refractivity contribution in [1.29, 1.82) is 0 Å². The zero-order valence-corrected chi connectivity index (χ0v) is 9.22. The van der Waals surface area contributed by atoms with Gasteiger partial charge in [-0.1, -0.05) is 24.3 Å². The Morgan fingerprint density at radius 3 is 2.29 bits per heavy atom. The first-order valence-electron chi connectivity index (χ1n) is 4.76. The first-order chi connectivity index (χ1) is 7.18. The van der Waals surface area contributed by atoms with Crippen molar-refractivity contribution >= 4 is 25.3 Å². The van der Waals surface area contributed by atoms with Crippen LogP contribution in [-0.4, -0.2) is 0 Å². The molecule has 0 nitrogen and oxygen atoms in total. The Bertz CT molecular complexity index is 495. The normalized spacial score (nSPS) is 11.1. The maximum atomic E-state index is 7.90. The van der Waals surface area contributed by atoms with Gasteiger partial charge in [-0.15, -0.1) is 25.3 Å². The molecule has 0 spiro atoms. The van der Waals surface area contributed by atoms with Crippen LogP contribution in [0, 0.1) is 0 Å². The van der Waals surface area contributed by atoms with Crippen molar-refractivity contribution in [3.63, 3.8) is 0 Å². The SMILES string of the molecule is [2H]c1c(S)cccc1-c1cccc(S)c1. The first-order valence-corrected chi connectivity index (χ1v) is 5.16. The summed E-state index contributed by atoms with van der Waals surface area (Å²) in [5.41, 5.74) is 1.89. The number of benzene rings is 2. The molecule has 0 fully saturated rings. The van der Waals surface area contributed by atoms with Crippen LogP contribution in [0.25, 0.3) is 11.1 Å². The molecule has 0 atom stereocenters. The van der Waals surface area contributed by atoms with Gasteiger partial charge in [0.2, 0.25) is 0 Å². The van der Waals surface area contributed by atoms with Crippen LogP contribution < -0.4 is 0 Å². The van der Waals surface area contributed by atoms with Crippen molar-refractivity contribution in [2.75, 3.05) is 0 Å². The third-order valence-corrected chi connectivity index (χ3v) is 2.48. The summed E-state index contributed by atoms with van der Waals surface area (Å²) >= 11 is 8.52. The molecule has 70 valence electrons. The zero-order chi connectivity index (χ0) is 10.8. The van der Waals surface area contributed by atoms with Crippen molar-refractivity contribution in [1.82, 2.24) is 0 Å². The van der Waals surface area contributed by atoms with E-state index < -0.39 is 0 Å². The average Bonchev–Trinajstić information content (AvgIpc) is 2.22. The minimum atomic E-state index is 0.458. The molecule has 0 aliphatic carbocycles. The molecule has 0 N–H and O–H groups in total. The lowest BCUT2D eigenvalue weighted by molar-refractivity contribution is 1.43. The van der Waals surface area contributed by atoms with Gasteiger partial charge in [0.1, 0.15) is 0 Å². The minimum absolute atomic E-state index is 0.458. The van der Waals surface area contributed by atoms with Crippen LogP contribution in [0.15, 0.2) is 58.3 Å². The summed E-state index contributed by atoms with van der Waals surface area (Å²) in [6.07, 6.45) is 0. The van der Waals surface area contributed by atoms with Crippen LogP contribution >= 0.6 is 25.3 Å². The Hall–Kier alpha value is -0.860. The fourth-order valence-electron chi connectivity index (χ4n) is 1.30. The minimum Gasteiger partial charge on any atom is -0.143 e. The molecule has 0 radical (unpaired) electrons. The lowest BCUT2D eigenvalue weighted by Crippen LogP contribution is -1.77. The largest absolute Gasteiger partial charge is 0.143 e. The predicted octanol–water partition coefficient (Wildman–Crippen LogP) is 3.93. The van der Waals surface area contributed by atoms with Crippen molar-refractivity contribution < 1.29 is 1.37 Å². The van der Waals surface area contributed by atoms with E-state index in [0.717, 1.165) is 16.0 Å². The molecule has 14 heavy (non-hydrogen) atoms. The Morgan fingerprint density at radius 2 is 1.50 bits per heavy atom. The molecular formula is C12H10S2. The summed E-state index contributed by atoms with van der Waals surface area (Å²) in [6.45, 7) is 0. The Kier molecular flexibility index (Phi) is 2.48. The van der Waals surface area contributed by atoms with E-state index in [4.69, 9.17) is 1.37 Å². The molecule has 0 aliphatic heterocycles. The smallest absolute Gasteiger partial charge is 0.0641 e. The molecule has 0 saturated heterocycles. The maximum Gasteiger partial charge on any atom is 0.0641 e. The molecule has 2 aromatic rings. The van der Waals surface area contributed by atoms with Gasteiger partial charge in [0.15, 0.2) is 0 Å². The number of thiol groups is 2. The Balaban J connectivity index is 2.59. The van der Waals surface area contributed by atoms with Gasteiger partial charge in [0, 0.05) is 9.79 Å². The van der Waals surface area contributed by atoms with E-state index in [-0.39, 0.29) is 0 Å². The quantitative estimate of drug-likeness (QED) is 0.667. The van der Waals surface area contributed by atoms with E-state index in [2.05, 4.69) is 25.3 Å². The lowest BCUT2D eigenvalue weighted by Gasteiger charge is -2.02. The van der Waals surface area contributed by atoms with Gasteiger partial charge in [-0.25, -0.2) is 0 Å². The van der Waals surface area contributed by atoms with Crippen molar-refractivity contribution in [2.45, 2.75) is 9.79 Å². The number of rotatable bonds is 1. The topological polar surface area (TPSA) is 0 Å². The van der Waals surface area contributed by atoms with Crippen molar-refractivity contribution in [3.05, 3.63) is 48.5 Å². The molecule has 0 bridgehead atoms. The van der Waals surface area contributed by atoms with Crippen molar-refractivity contribution in [2.24, 2.45) is 0 Å². The molecule has 2 aromatic carbocycles. The van der Waals surface area contributed by atoms with Crippen LogP contribution in [0.3, 0.4) is 0 Å². The van der Waals surface area contributed by atoms with Crippen molar-refractivity contribution in [3.8, 4) is 11.1 Å². The highest BCUT2D eigenvalue weighted by atomic mass is 32.1. The lowest BCUT2D eigenvalue weighted by atomic mass is 10.1. The molecule has 0 heterocycles. The van der Waals surface area contributed by atoms with Gasteiger partial charge in [-0.05, 0) is 35.4 Å². The highest BCUT2D eigenvalue weighted by Crippen LogP contribution is 2.23. The fourth-order valence-corrected chi connectivity index (χ4v) is 1.73. The summed E-state index contributed by atoms with van der Waals surface area (Å²) in [4.78, 5) is 1.59. The molecule has 0 aliphatic rings. The van der Waals surface area contributed by atoms with Gasteiger partial charge in [-0.3, -0.25) is 0 Å². The molecule has 0 unspecified atom stereocenters. The van der Waals surface area contributed by atoms with Gasteiger partial charge < -0.3 is 0 Å². The fraction of sp³-hybridized carbons (Fsp3) is 0. The molecule has 0 saturated carbocycles. The van der Waals surface area contributed by atoms with E-state index in [1.165, 1.54) is 0 Å². The van der Waals surface area contributed by atoms with E-state index >= 15 is 0 Å². The first kappa shape index (κ1) is 8.45. The molecule has 2 heteroatoms. The van der Waals surface area contributed by atoms with Crippen LogP contribution in [0.4, 0.5) is 0 Å². The Morgan fingerprint density at radius 1 is 0.857 bits per heavy atom. The monoisotopic (exact) mass is 219 g/mol. The highest BCUT2D eigenvalue weighted by Gasteiger charge is 1.97. The third-order valence-electron chi connectivity index (χ3n) is 1.94. The number of hydrogen-bond acceptors (Lipinski definition) is 2. The van der Waals surface area contributed by atoms with Crippen LogP contribution in [0.1, 0.15) is 1.37 Å². The van der Waals surface area contributed by atoms with E-state index in [0.29, 0.717) is 10.9 Å². The highest BCUT2D eigenvalue weighted by molar-refractivity contribution is 7.80. The van der Waals surface area contributed by atoms with Crippen LogP contribution in [0.5, 0.6) is 0 Å². The van der Waals surface area contributed by atoms with E-state index in [1.54, 1.807) is 0 Å². The predicted molar refractivity (Wildman–Crippen MR) is 66.4 cm³/mol. The molecular weight excluding hydrogens is 208 g/mol. The zero-order valence-electron chi connectivity index (χ0n) is 8.44. The molecule has 0 aromatic heterocycles. The molecule has 0 amide bonds. The standard InChI is InChI=1S/C12H10S2/c13-11-5-1-3-9(7-11)10-4-2-6-12(14)8-10/h1-8,13-14H/i7D. The number of hydrogen-bond donors (Lipinski definition) is 2. The molecule has 2 rings (SSSR count).